The number of ether oxygens (including phenoxy) is 1. The van der Waals surface area contributed by atoms with E-state index in [4.69, 9.17) is 9.84 Å². The van der Waals surface area contributed by atoms with E-state index in [1.54, 1.807) is 17.7 Å². The number of hydrogen-bond acceptors (Lipinski definition) is 5. The maximum absolute atomic E-state index is 11.3. The molecular formula is C12H19N2O4Se. The van der Waals surface area contributed by atoms with Gasteiger partial charge in [-0.05, 0) is 0 Å². The van der Waals surface area contributed by atoms with E-state index in [0.717, 1.165) is 0 Å². The van der Waals surface area contributed by atoms with Crippen LogP contribution in [-0.2, 0) is 4.74 Å². The summed E-state index contributed by atoms with van der Waals surface area (Å²) in [6.07, 6.45) is 0.302. The number of hydrogen-bond donors (Lipinski definition) is 2. The summed E-state index contributed by atoms with van der Waals surface area (Å²) in [6, 6.07) is 0. The molecule has 1 aromatic rings. The van der Waals surface area contributed by atoms with Crippen molar-refractivity contribution < 1.29 is 14.9 Å². The number of aryl methyl sites for hydroxylation is 1. The van der Waals surface area contributed by atoms with Crippen LogP contribution in [0.4, 0.5) is 0 Å². The zero-order valence-electron chi connectivity index (χ0n) is 11.2. The SMILES string of the molecule is CC.Cc1cn(C2C[C@@H](O)C(CO)O2)c([Se])nc1=O. The van der Waals surface area contributed by atoms with Crippen molar-refractivity contribution in [3.8, 4) is 0 Å². The molecule has 1 aliphatic heterocycles. The molecule has 1 saturated heterocycles. The molecule has 3 atom stereocenters. The fourth-order valence-electron chi connectivity index (χ4n) is 1.81. The molecule has 0 aromatic carbocycles. The van der Waals surface area contributed by atoms with Crippen LogP contribution in [-0.4, -0.2) is 54.6 Å². The van der Waals surface area contributed by atoms with Gasteiger partial charge in [-0.3, -0.25) is 0 Å². The summed E-state index contributed by atoms with van der Waals surface area (Å²) in [5.41, 5.74) is 0.224. The van der Waals surface area contributed by atoms with Crippen LogP contribution in [0.25, 0.3) is 0 Å². The van der Waals surface area contributed by atoms with Crippen molar-refractivity contribution in [2.45, 2.75) is 45.6 Å². The summed E-state index contributed by atoms with van der Waals surface area (Å²) in [4.78, 5) is 15.1. The zero-order chi connectivity index (χ0) is 14.6. The molecule has 1 radical (unpaired) electrons. The van der Waals surface area contributed by atoms with Gasteiger partial charge >= 0.3 is 106 Å². The standard InChI is InChI=1S/C10H13N2O4Se.C2H6/c1-5-3-12(10(17)11-9(5)15)8-2-6(14)7(4-13)16-8;1-2/h3,6-8,13-14H,2,4H2,1H3;1-2H3/t6-,7?,8?;/m1./s1. The third-order valence-electron chi connectivity index (χ3n) is 2.78. The molecule has 19 heavy (non-hydrogen) atoms. The van der Waals surface area contributed by atoms with Gasteiger partial charge in [-0.2, -0.15) is 0 Å². The van der Waals surface area contributed by atoms with Gasteiger partial charge in [0.05, 0.1) is 0 Å². The number of aromatic nitrogens is 2. The molecule has 7 heteroatoms. The zero-order valence-corrected chi connectivity index (χ0v) is 13.0. The second kappa shape index (κ2) is 7.17. The minimum atomic E-state index is -0.705. The molecule has 0 amide bonds. The van der Waals surface area contributed by atoms with E-state index in [1.807, 2.05) is 13.8 Å². The molecule has 0 spiro atoms. The van der Waals surface area contributed by atoms with Gasteiger partial charge in [0, 0.05) is 0 Å². The predicted octanol–water partition coefficient (Wildman–Crippen LogP) is -0.988. The Morgan fingerprint density at radius 2 is 2.21 bits per heavy atom. The maximum atomic E-state index is 11.3. The average molecular weight is 334 g/mol. The molecule has 6 nitrogen and oxygen atoms in total. The molecule has 1 aromatic heterocycles. The van der Waals surface area contributed by atoms with Crippen LogP contribution < -0.4 is 10.3 Å². The number of rotatable bonds is 2. The summed E-state index contributed by atoms with van der Waals surface area (Å²) in [5, 5.41) is 18.6. The van der Waals surface area contributed by atoms with E-state index in [-0.39, 0.29) is 12.2 Å². The normalized spacial score (nSPS) is 25.8. The monoisotopic (exact) mass is 335 g/mol. The molecule has 2 rings (SSSR count). The van der Waals surface area contributed by atoms with Crippen LogP contribution in [0.5, 0.6) is 0 Å². The van der Waals surface area contributed by atoms with Crippen LogP contribution in [0.2, 0.25) is 0 Å². The third-order valence-corrected chi connectivity index (χ3v) is 3.42. The van der Waals surface area contributed by atoms with E-state index in [0.29, 0.717) is 16.7 Å². The predicted molar refractivity (Wildman–Crippen MR) is 71.6 cm³/mol. The van der Waals surface area contributed by atoms with Crippen molar-refractivity contribution in [3.05, 3.63) is 22.1 Å². The summed E-state index contributed by atoms with van der Waals surface area (Å²) in [5.74, 6) is 0. The van der Waals surface area contributed by atoms with Gasteiger partial charge in [0.25, 0.3) is 0 Å². The van der Waals surface area contributed by atoms with Gasteiger partial charge in [0.15, 0.2) is 0 Å². The Labute approximate surface area is 120 Å². The van der Waals surface area contributed by atoms with Crippen LogP contribution in [0.1, 0.15) is 32.1 Å². The second-order valence-electron chi connectivity index (χ2n) is 4.03. The van der Waals surface area contributed by atoms with E-state index >= 15 is 0 Å². The van der Waals surface area contributed by atoms with Gasteiger partial charge in [0.2, 0.25) is 0 Å². The van der Waals surface area contributed by atoms with E-state index in [1.165, 1.54) is 0 Å². The minimum absolute atomic E-state index is 0.229. The second-order valence-corrected chi connectivity index (χ2v) is 4.80. The Morgan fingerprint density at radius 3 is 2.74 bits per heavy atom. The van der Waals surface area contributed by atoms with Crippen molar-refractivity contribution >= 4 is 20.7 Å². The fraction of sp³-hybridized carbons (Fsp3) is 0.667. The van der Waals surface area contributed by atoms with Gasteiger partial charge in [-0.25, -0.2) is 0 Å². The third kappa shape index (κ3) is 3.64. The van der Waals surface area contributed by atoms with Gasteiger partial charge in [-0.1, -0.05) is 13.8 Å². The molecule has 0 aliphatic carbocycles. The van der Waals surface area contributed by atoms with Gasteiger partial charge in [0.1, 0.15) is 0 Å². The van der Waals surface area contributed by atoms with Crippen molar-refractivity contribution in [2.24, 2.45) is 0 Å². The van der Waals surface area contributed by atoms with Crippen molar-refractivity contribution in [3.63, 3.8) is 0 Å². The first-order chi connectivity index (χ1) is 9.02. The van der Waals surface area contributed by atoms with Crippen LogP contribution in [0.15, 0.2) is 11.0 Å². The summed E-state index contributed by atoms with van der Waals surface area (Å²) in [6.45, 7) is 5.44. The van der Waals surface area contributed by atoms with Crippen LogP contribution >= 0.6 is 0 Å². The Hall–Kier alpha value is -0.721. The summed E-state index contributed by atoms with van der Waals surface area (Å²) >= 11 is 2.69. The molecule has 1 fully saturated rings. The molecule has 2 unspecified atom stereocenters. The van der Waals surface area contributed by atoms with Crippen molar-refractivity contribution in [1.29, 1.82) is 0 Å². The van der Waals surface area contributed by atoms with Gasteiger partial charge in [-0.15, -0.1) is 0 Å². The molecule has 1 aliphatic rings. The van der Waals surface area contributed by atoms with Crippen LogP contribution in [0.3, 0.4) is 0 Å². The van der Waals surface area contributed by atoms with Gasteiger partial charge < -0.3 is 0 Å². The quantitative estimate of drug-likeness (QED) is 0.679. The summed E-state index contributed by atoms with van der Waals surface area (Å²) < 4.78 is 7.56. The number of nitrogens with zero attached hydrogens (tertiary/aromatic N) is 2. The molecule has 107 valence electrons. The van der Waals surface area contributed by atoms with E-state index < -0.39 is 18.4 Å². The molecule has 0 bridgehead atoms. The van der Waals surface area contributed by atoms with Crippen LogP contribution in [0, 0.1) is 6.92 Å². The molecular weight excluding hydrogens is 315 g/mol. The number of aliphatic hydroxyl groups excluding tert-OH is 2. The first-order valence-electron chi connectivity index (χ1n) is 6.24. The topological polar surface area (TPSA) is 84.6 Å². The van der Waals surface area contributed by atoms with E-state index in [9.17, 15) is 9.90 Å². The average Bonchev–Trinajstić information content (AvgIpc) is 2.77. The Balaban J connectivity index is 0.000000861. The Morgan fingerprint density at radius 1 is 1.58 bits per heavy atom. The molecule has 2 N–H and O–H groups in total. The van der Waals surface area contributed by atoms with Crippen molar-refractivity contribution in [2.75, 3.05) is 6.61 Å². The Kier molecular flexibility index (Phi) is 6.16. The number of aliphatic hydroxyl groups is 2. The van der Waals surface area contributed by atoms with Crippen molar-refractivity contribution in [1.82, 2.24) is 9.55 Å². The first kappa shape index (κ1) is 16.3. The molecule has 0 saturated carbocycles. The Bertz CT molecular complexity index is 477. The fourth-order valence-corrected chi connectivity index (χ4v) is 2.34. The first-order valence-corrected chi connectivity index (χ1v) is 7.09. The summed E-state index contributed by atoms with van der Waals surface area (Å²) in [7, 11) is 0. The van der Waals surface area contributed by atoms with E-state index in [2.05, 4.69) is 21.0 Å². The molecule has 2 heterocycles.